The number of hydrogen-bond acceptors (Lipinski definition) is 3. The average molecular weight is 267 g/mol. The van der Waals surface area contributed by atoms with E-state index in [0.29, 0.717) is 5.15 Å². The van der Waals surface area contributed by atoms with Crippen LogP contribution in [0.25, 0.3) is 10.9 Å². The molecule has 0 aliphatic carbocycles. The Morgan fingerprint density at radius 1 is 1.41 bits per heavy atom. The quantitative estimate of drug-likeness (QED) is 0.862. The van der Waals surface area contributed by atoms with E-state index in [0.717, 1.165) is 28.0 Å². The van der Waals surface area contributed by atoms with Crippen molar-refractivity contribution in [3.05, 3.63) is 41.0 Å². The van der Waals surface area contributed by atoms with Crippen LogP contribution >= 0.6 is 23.4 Å². The minimum atomic E-state index is 0.215. The molecule has 0 fully saturated rings. The predicted molar refractivity (Wildman–Crippen MR) is 76.6 cm³/mol. The number of hydrogen-bond donors (Lipinski definition) is 1. The lowest BCUT2D eigenvalue weighted by molar-refractivity contribution is 0.847. The Balaban J connectivity index is 2.19. The van der Waals surface area contributed by atoms with Gasteiger partial charge < -0.3 is 5.73 Å². The van der Waals surface area contributed by atoms with Crippen molar-refractivity contribution in [1.82, 2.24) is 4.98 Å². The van der Waals surface area contributed by atoms with Crippen molar-refractivity contribution in [3.63, 3.8) is 0 Å². The largest absolute Gasteiger partial charge is 0.327 e. The molecule has 1 aromatic carbocycles. The van der Waals surface area contributed by atoms with Crippen LogP contribution in [0.5, 0.6) is 0 Å². The van der Waals surface area contributed by atoms with Crippen LogP contribution < -0.4 is 5.73 Å². The monoisotopic (exact) mass is 266 g/mol. The summed E-state index contributed by atoms with van der Waals surface area (Å²) >= 11 is 7.95. The first-order valence-corrected chi connectivity index (χ1v) is 7.07. The van der Waals surface area contributed by atoms with Crippen LogP contribution in [0.3, 0.4) is 0 Å². The molecule has 90 valence electrons. The van der Waals surface area contributed by atoms with Crippen molar-refractivity contribution in [2.75, 3.05) is 5.75 Å². The maximum absolute atomic E-state index is 6.16. The average Bonchev–Trinajstić information content (AvgIpc) is 2.29. The van der Waals surface area contributed by atoms with E-state index in [4.69, 9.17) is 17.3 Å². The number of fused-ring (bicyclic) bond motifs is 1. The Kier molecular flexibility index (Phi) is 4.26. The lowest BCUT2D eigenvalue weighted by Crippen LogP contribution is -2.17. The van der Waals surface area contributed by atoms with E-state index in [-0.39, 0.29) is 6.04 Å². The third-order valence-electron chi connectivity index (χ3n) is 2.39. The number of halogens is 1. The maximum atomic E-state index is 6.16. The van der Waals surface area contributed by atoms with Crippen molar-refractivity contribution >= 4 is 34.3 Å². The third kappa shape index (κ3) is 3.35. The highest BCUT2D eigenvalue weighted by Crippen LogP contribution is 2.24. The Labute approximate surface area is 111 Å². The molecule has 0 saturated heterocycles. The standard InChI is InChI=1S/C13H15ClN2S/c1-9(15)7-17-8-11-6-10-4-2-3-5-12(10)16-13(11)14/h2-6,9H,7-8,15H2,1H3. The Morgan fingerprint density at radius 3 is 2.94 bits per heavy atom. The van der Waals surface area contributed by atoms with E-state index >= 15 is 0 Å². The molecule has 0 aliphatic rings. The van der Waals surface area contributed by atoms with Crippen LogP contribution in [0.15, 0.2) is 30.3 Å². The summed E-state index contributed by atoms with van der Waals surface area (Å²) in [6, 6.07) is 10.3. The topological polar surface area (TPSA) is 38.9 Å². The number of nitrogens with two attached hydrogens (primary N) is 1. The third-order valence-corrected chi connectivity index (χ3v) is 3.99. The molecule has 2 rings (SSSR count). The molecule has 0 aliphatic heterocycles. The second kappa shape index (κ2) is 5.71. The smallest absolute Gasteiger partial charge is 0.133 e. The van der Waals surface area contributed by atoms with Gasteiger partial charge in [0.25, 0.3) is 0 Å². The highest BCUT2D eigenvalue weighted by atomic mass is 35.5. The normalized spacial score (nSPS) is 12.9. The van der Waals surface area contributed by atoms with Crippen LogP contribution in [-0.2, 0) is 5.75 Å². The summed E-state index contributed by atoms with van der Waals surface area (Å²) in [5.74, 6) is 1.79. The molecule has 2 nitrogen and oxygen atoms in total. The molecule has 4 heteroatoms. The minimum Gasteiger partial charge on any atom is -0.327 e. The van der Waals surface area contributed by atoms with E-state index in [1.165, 1.54) is 0 Å². The first kappa shape index (κ1) is 12.7. The van der Waals surface area contributed by atoms with Gasteiger partial charge in [-0.25, -0.2) is 4.98 Å². The van der Waals surface area contributed by atoms with Crippen LogP contribution in [0, 0.1) is 0 Å². The molecule has 17 heavy (non-hydrogen) atoms. The fraction of sp³-hybridized carbons (Fsp3) is 0.308. The number of benzene rings is 1. The summed E-state index contributed by atoms with van der Waals surface area (Å²) in [6.07, 6.45) is 0. The molecule has 0 bridgehead atoms. The molecular weight excluding hydrogens is 252 g/mol. The minimum absolute atomic E-state index is 0.215. The summed E-state index contributed by atoms with van der Waals surface area (Å²) in [7, 11) is 0. The van der Waals surface area contributed by atoms with Gasteiger partial charge in [0.2, 0.25) is 0 Å². The molecule has 0 spiro atoms. The summed E-state index contributed by atoms with van der Waals surface area (Å²) in [4.78, 5) is 4.39. The van der Waals surface area contributed by atoms with Gasteiger partial charge in [-0.2, -0.15) is 11.8 Å². The molecule has 2 N–H and O–H groups in total. The lowest BCUT2D eigenvalue weighted by Gasteiger charge is -2.07. The fourth-order valence-corrected chi connectivity index (χ4v) is 2.81. The van der Waals surface area contributed by atoms with Crippen LogP contribution in [0.1, 0.15) is 12.5 Å². The Morgan fingerprint density at radius 2 is 2.18 bits per heavy atom. The second-order valence-electron chi connectivity index (χ2n) is 4.12. The number of para-hydroxylation sites is 1. The summed E-state index contributed by atoms with van der Waals surface area (Å²) in [5, 5.41) is 1.73. The maximum Gasteiger partial charge on any atom is 0.133 e. The highest BCUT2D eigenvalue weighted by molar-refractivity contribution is 7.98. The number of thioether (sulfide) groups is 1. The van der Waals surface area contributed by atoms with Crippen LogP contribution in [0.4, 0.5) is 0 Å². The van der Waals surface area contributed by atoms with E-state index in [2.05, 4.69) is 17.1 Å². The number of rotatable bonds is 4. The van der Waals surface area contributed by atoms with Gasteiger partial charge >= 0.3 is 0 Å². The van der Waals surface area contributed by atoms with E-state index in [1.54, 1.807) is 11.8 Å². The number of pyridine rings is 1. The van der Waals surface area contributed by atoms with E-state index < -0.39 is 0 Å². The molecule has 0 radical (unpaired) electrons. The molecule has 1 aromatic heterocycles. The van der Waals surface area contributed by atoms with Gasteiger partial charge in [0.1, 0.15) is 5.15 Å². The fourth-order valence-electron chi connectivity index (χ4n) is 1.59. The van der Waals surface area contributed by atoms with Crippen molar-refractivity contribution in [1.29, 1.82) is 0 Å². The van der Waals surface area contributed by atoms with Crippen LogP contribution in [0.2, 0.25) is 5.15 Å². The Bertz CT molecular complexity index is 514. The van der Waals surface area contributed by atoms with Gasteiger partial charge in [0.05, 0.1) is 5.52 Å². The van der Waals surface area contributed by atoms with Gasteiger partial charge in [0, 0.05) is 28.5 Å². The van der Waals surface area contributed by atoms with Gasteiger partial charge in [0.15, 0.2) is 0 Å². The second-order valence-corrected chi connectivity index (χ2v) is 5.51. The zero-order chi connectivity index (χ0) is 12.3. The highest BCUT2D eigenvalue weighted by Gasteiger charge is 2.05. The zero-order valence-corrected chi connectivity index (χ0v) is 11.3. The SMILES string of the molecule is CC(N)CSCc1cc2ccccc2nc1Cl. The van der Waals surface area contributed by atoms with E-state index in [1.807, 2.05) is 25.1 Å². The zero-order valence-electron chi connectivity index (χ0n) is 9.69. The van der Waals surface area contributed by atoms with Crippen molar-refractivity contribution in [2.45, 2.75) is 18.7 Å². The molecule has 0 saturated carbocycles. The van der Waals surface area contributed by atoms with Crippen LogP contribution in [-0.4, -0.2) is 16.8 Å². The molecule has 2 aromatic rings. The molecular formula is C13H15ClN2S. The van der Waals surface area contributed by atoms with Crippen molar-refractivity contribution in [3.8, 4) is 0 Å². The molecule has 0 amide bonds. The summed E-state index contributed by atoms with van der Waals surface area (Å²) in [5.41, 5.74) is 7.74. The van der Waals surface area contributed by atoms with Gasteiger partial charge in [-0.1, -0.05) is 29.8 Å². The number of aromatic nitrogens is 1. The van der Waals surface area contributed by atoms with Gasteiger partial charge in [-0.3, -0.25) is 0 Å². The summed E-state index contributed by atoms with van der Waals surface area (Å²) in [6.45, 7) is 2.01. The lowest BCUT2D eigenvalue weighted by atomic mass is 10.2. The Hall–Kier alpha value is -0.770. The van der Waals surface area contributed by atoms with Crippen molar-refractivity contribution < 1.29 is 0 Å². The first-order valence-electron chi connectivity index (χ1n) is 5.54. The predicted octanol–water partition coefficient (Wildman–Crippen LogP) is 3.47. The summed E-state index contributed by atoms with van der Waals surface area (Å²) < 4.78 is 0. The molecule has 1 unspecified atom stereocenters. The van der Waals surface area contributed by atoms with Crippen molar-refractivity contribution in [2.24, 2.45) is 5.73 Å². The first-order chi connectivity index (χ1) is 8.16. The molecule has 1 atom stereocenters. The number of nitrogens with zero attached hydrogens (tertiary/aromatic N) is 1. The molecule has 1 heterocycles. The van der Waals surface area contributed by atoms with Gasteiger partial charge in [-0.05, 0) is 19.1 Å². The van der Waals surface area contributed by atoms with E-state index in [9.17, 15) is 0 Å². The van der Waals surface area contributed by atoms with Gasteiger partial charge in [-0.15, -0.1) is 0 Å².